The molecule has 186 valence electrons. The topological polar surface area (TPSA) is 104 Å². The number of hydrogen-bond acceptors (Lipinski definition) is 6. The largest absolute Gasteiger partial charge is 0.416 e. The smallest absolute Gasteiger partial charge is 0.388 e. The highest BCUT2D eigenvalue weighted by Crippen LogP contribution is 2.40. The van der Waals surface area contributed by atoms with Crippen LogP contribution in [-0.4, -0.2) is 44.3 Å². The minimum atomic E-state index is -4.48. The van der Waals surface area contributed by atoms with Crippen molar-refractivity contribution in [3.63, 3.8) is 0 Å². The van der Waals surface area contributed by atoms with Crippen LogP contribution in [0.2, 0.25) is 5.02 Å². The first-order valence-corrected chi connectivity index (χ1v) is 10.9. The van der Waals surface area contributed by atoms with E-state index in [1.54, 1.807) is 0 Å². The second-order valence-corrected chi connectivity index (χ2v) is 8.55. The standard InChI is InChI=1S/C22H20ClF4N5O3/c1-12-8-14(2-3-15(12)22(25,26)27)29-20(34)32-6-4-21(24,5-7-32)18-16(23)9-13(10-28-18)19-30-17(11-33)31-35-19/h2-3,8-10,33H,4-7,11H2,1H3,(H,29,34). The molecule has 35 heavy (non-hydrogen) atoms. The van der Waals surface area contributed by atoms with Crippen LogP contribution in [0.1, 0.15) is 35.5 Å². The molecule has 4 rings (SSSR count). The highest BCUT2D eigenvalue weighted by Gasteiger charge is 2.40. The van der Waals surface area contributed by atoms with Gasteiger partial charge in [-0.1, -0.05) is 16.8 Å². The number of benzene rings is 1. The van der Waals surface area contributed by atoms with E-state index in [1.165, 1.54) is 36.2 Å². The number of anilines is 1. The summed E-state index contributed by atoms with van der Waals surface area (Å²) in [6.45, 7) is 0.998. The number of pyridine rings is 1. The molecule has 1 saturated heterocycles. The molecule has 1 aromatic carbocycles. The van der Waals surface area contributed by atoms with E-state index in [-0.39, 0.29) is 59.6 Å². The van der Waals surface area contributed by atoms with Gasteiger partial charge in [-0.05, 0) is 36.8 Å². The average Bonchev–Trinajstić information content (AvgIpc) is 3.28. The summed E-state index contributed by atoms with van der Waals surface area (Å²) < 4.78 is 59.5. The number of amides is 2. The number of aryl methyl sites for hydroxylation is 1. The third-order valence-electron chi connectivity index (χ3n) is 5.75. The van der Waals surface area contributed by atoms with Crippen molar-refractivity contribution < 1.29 is 32.0 Å². The summed E-state index contributed by atoms with van der Waals surface area (Å²) >= 11 is 6.29. The number of carbonyl (C=O) groups is 1. The van der Waals surface area contributed by atoms with Crippen LogP contribution in [0.5, 0.6) is 0 Å². The monoisotopic (exact) mass is 513 g/mol. The summed E-state index contributed by atoms with van der Waals surface area (Å²) in [5.74, 6) is 0.159. The molecule has 3 heterocycles. The number of urea groups is 1. The molecule has 0 saturated carbocycles. The molecule has 13 heteroatoms. The maximum Gasteiger partial charge on any atom is 0.416 e. The van der Waals surface area contributed by atoms with Crippen LogP contribution in [-0.2, 0) is 18.5 Å². The van der Waals surface area contributed by atoms with E-state index in [0.717, 1.165) is 6.07 Å². The van der Waals surface area contributed by atoms with Gasteiger partial charge in [-0.3, -0.25) is 4.98 Å². The first-order chi connectivity index (χ1) is 16.5. The number of likely N-dealkylation sites (tertiary alicyclic amines) is 1. The Hall–Kier alpha value is -3.25. The second kappa shape index (κ2) is 9.42. The summed E-state index contributed by atoms with van der Waals surface area (Å²) in [6.07, 6.45) is -3.30. The fourth-order valence-corrected chi connectivity index (χ4v) is 4.22. The zero-order valence-corrected chi connectivity index (χ0v) is 19.1. The van der Waals surface area contributed by atoms with Gasteiger partial charge in [0.25, 0.3) is 5.89 Å². The van der Waals surface area contributed by atoms with E-state index < -0.39 is 30.0 Å². The molecule has 0 atom stereocenters. The number of alkyl halides is 4. The third-order valence-corrected chi connectivity index (χ3v) is 6.04. The molecule has 0 radical (unpaired) electrons. The van der Waals surface area contributed by atoms with E-state index in [2.05, 4.69) is 20.4 Å². The first-order valence-electron chi connectivity index (χ1n) is 10.5. The Bertz CT molecular complexity index is 1240. The lowest BCUT2D eigenvalue weighted by molar-refractivity contribution is -0.138. The number of nitrogens with zero attached hydrogens (tertiary/aromatic N) is 4. The molecule has 2 N–H and O–H groups in total. The summed E-state index contributed by atoms with van der Waals surface area (Å²) in [7, 11) is 0. The van der Waals surface area contributed by atoms with E-state index in [0.29, 0.717) is 5.56 Å². The molecular formula is C22H20ClF4N5O3. The number of aliphatic hydroxyl groups is 1. The zero-order chi connectivity index (χ0) is 25.4. The lowest BCUT2D eigenvalue weighted by Crippen LogP contribution is -2.45. The van der Waals surface area contributed by atoms with E-state index >= 15 is 4.39 Å². The Balaban J connectivity index is 1.41. The van der Waals surface area contributed by atoms with Crippen molar-refractivity contribution in [1.82, 2.24) is 20.0 Å². The van der Waals surface area contributed by atoms with E-state index in [4.69, 9.17) is 21.2 Å². The van der Waals surface area contributed by atoms with Gasteiger partial charge < -0.3 is 19.8 Å². The van der Waals surface area contributed by atoms with Crippen LogP contribution in [0, 0.1) is 6.92 Å². The molecular weight excluding hydrogens is 494 g/mol. The number of rotatable bonds is 4. The number of piperidine rings is 1. The number of halogens is 5. The molecule has 1 aliphatic rings. The number of hydrogen-bond donors (Lipinski definition) is 2. The van der Waals surface area contributed by atoms with Gasteiger partial charge >= 0.3 is 12.2 Å². The van der Waals surface area contributed by atoms with Gasteiger partial charge in [0, 0.05) is 37.8 Å². The summed E-state index contributed by atoms with van der Waals surface area (Å²) in [5, 5.41) is 15.2. The Morgan fingerprint density at radius 2 is 2.00 bits per heavy atom. The van der Waals surface area contributed by atoms with Crippen molar-refractivity contribution in [2.75, 3.05) is 18.4 Å². The van der Waals surface area contributed by atoms with E-state index in [1.807, 2.05) is 0 Å². The lowest BCUT2D eigenvalue weighted by atomic mass is 9.89. The summed E-state index contributed by atoms with van der Waals surface area (Å²) in [6, 6.07) is 4.21. The fourth-order valence-electron chi connectivity index (χ4n) is 3.88. The molecule has 8 nitrogen and oxygen atoms in total. The SMILES string of the molecule is Cc1cc(NC(=O)N2CCC(F)(c3ncc(-c4nc(CO)no4)cc3Cl)CC2)ccc1C(F)(F)F. The van der Waals surface area contributed by atoms with Crippen molar-refractivity contribution in [2.24, 2.45) is 0 Å². The van der Waals surface area contributed by atoms with Gasteiger partial charge in [0.2, 0.25) is 0 Å². The highest BCUT2D eigenvalue weighted by molar-refractivity contribution is 6.31. The highest BCUT2D eigenvalue weighted by atomic mass is 35.5. The van der Waals surface area contributed by atoms with Gasteiger partial charge in [0.1, 0.15) is 6.61 Å². The van der Waals surface area contributed by atoms with Gasteiger partial charge in [-0.25, -0.2) is 9.18 Å². The van der Waals surface area contributed by atoms with Crippen molar-refractivity contribution in [2.45, 2.75) is 38.2 Å². The van der Waals surface area contributed by atoms with Crippen molar-refractivity contribution in [3.8, 4) is 11.5 Å². The summed E-state index contributed by atoms with van der Waals surface area (Å²) in [5.41, 5.74) is -2.10. The van der Waals surface area contributed by atoms with Crippen molar-refractivity contribution in [3.05, 3.63) is 58.1 Å². The van der Waals surface area contributed by atoms with Crippen LogP contribution in [0.4, 0.5) is 28.0 Å². The molecule has 0 bridgehead atoms. The molecule has 2 aromatic heterocycles. The molecule has 2 amide bonds. The number of carbonyl (C=O) groups excluding carboxylic acids is 1. The van der Waals surface area contributed by atoms with Gasteiger partial charge in [-0.15, -0.1) is 0 Å². The number of nitrogens with one attached hydrogen (secondary N) is 1. The summed E-state index contributed by atoms with van der Waals surface area (Å²) in [4.78, 5) is 22.1. The third kappa shape index (κ3) is 5.22. The van der Waals surface area contributed by atoms with Crippen molar-refractivity contribution in [1.29, 1.82) is 0 Å². The second-order valence-electron chi connectivity index (χ2n) is 8.14. The lowest BCUT2D eigenvalue weighted by Gasteiger charge is -2.36. The maximum absolute atomic E-state index is 15.7. The Morgan fingerprint density at radius 1 is 1.29 bits per heavy atom. The normalized spacial score (nSPS) is 15.8. The first kappa shape index (κ1) is 24.9. The van der Waals surface area contributed by atoms with Gasteiger partial charge in [0.05, 0.1) is 21.8 Å². The molecule has 1 aliphatic heterocycles. The van der Waals surface area contributed by atoms with Crippen LogP contribution in [0.25, 0.3) is 11.5 Å². The van der Waals surface area contributed by atoms with Crippen LogP contribution in [0.15, 0.2) is 35.0 Å². The molecule has 3 aromatic rings. The maximum atomic E-state index is 15.7. The van der Waals surface area contributed by atoms with Gasteiger partial charge in [0.15, 0.2) is 11.5 Å². The molecule has 0 spiro atoms. The minimum Gasteiger partial charge on any atom is -0.388 e. The average molecular weight is 514 g/mol. The molecule has 0 aliphatic carbocycles. The number of aromatic nitrogens is 3. The Morgan fingerprint density at radius 3 is 2.57 bits per heavy atom. The Kier molecular flexibility index (Phi) is 6.69. The number of aliphatic hydroxyl groups excluding tert-OH is 1. The van der Waals surface area contributed by atoms with Crippen LogP contribution in [0.3, 0.4) is 0 Å². The minimum absolute atomic E-state index is 0.0169. The van der Waals surface area contributed by atoms with Crippen LogP contribution < -0.4 is 5.32 Å². The fraction of sp³-hybridized carbons (Fsp3) is 0.364. The molecule has 0 unspecified atom stereocenters. The molecule has 1 fully saturated rings. The predicted octanol–water partition coefficient (Wildman–Crippen LogP) is 5.10. The quantitative estimate of drug-likeness (QED) is 0.470. The van der Waals surface area contributed by atoms with Crippen molar-refractivity contribution >= 4 is 23.3 Å². The Labute approximate surface area is 201 Å². The zero-order valence-electron chi connectivity index (χ0n) is 18.4. The van der Waals surface area contributed by atoms with Crippen LogP contribution >= 0.6 is 11.6 Å². The van der Waals surface area contributed by atoms with Gasteiger partial charge in [-0.2, -0.15) is 18.2 Å². The predicted molar refractivity (Wildman–Crippen MR) is 117 cm³/mol. The van der Waals surface area contributed by atoms with E-state index in [9.17, 15) is 18.0 Å².